The van der Waals surface area contributed by atoms with E-state index in [9.17, 15) is 0 Å². The van der Waals surface area contributed by atoms with Gasteiger partial charge in [-0.3, -0.25) is 0 Å². The molecule has 2 saturated heterocycles. The van der Waals surface area contributed by atoms with Crippen molar-refractivity contribution in [1.29, 1.82) is 0 Å². The summed E-state index contributed by atoms with van der Waals surface area (Å²) in [7, 11) is 0. The van der Waals surface area contributed by atoms with E-state index < -0.39 is 5.79 Å². The molecule has 0 N–H and O–H groups in total. The second-order valence-electron chi connectivity index (χ2n) is 8.03. The molecule has 0 radical (unpaired) electrons. The average Bonchev–Trinajstić information content (AvgIpc) is 3.14. The van der Waals surface area contributed by atoms with Crippen LogP contribution in [0.15, 0.2) is 48.5 Å². The summed E-state index contributed by atoms with van der Waals surface area (Å²) >= 11 is 1.85. The van der Waals surface area contributed by atoms with Gasteiger partial charge in [0.15, 0.2) is 5.79 Å². The van der Waals surface area contributed by atoms with E-state index in [0.717, 1.165) is 11.5 Å². The first-order valence-corrected chi connectivity index (χ1v) is 10.7. The molecule has 2 fully saturated rings. The zero-order valence-electron chi connectivity index (χ0n) is 16.9. The number of fused-ring (bicyclic) bond motifs is 1. The Kier molecular flexibility index (Phi) is 5.59. The van der Waals surface area contributed by atoms with Gasteiger partial charge in [-0.25, -0.2) is 0 Å². The van der Waals surface area contributed by atoms with Crippen LogP contribution in [0.4, 0.5) is 0 Å². The summed E-state index contributed by atoms with van der Waals surface area (Å²) in [5.41, 5.74) is 2.45. The minimum absolute atomic E-state index is 0.0112. The van der Waals surface area contributed by atoms with Crippen LogP contribution in [0, 0.1) is 13.8 Å². The molecule has 0 bridgehead atoms. The maximum Gasteiger partial charge on any atom is 0.163 e. The summed E-state index contributed by atoms with van der Waals surface area (Å²) in [5.74, 6) is 1.21. The average molecular weight is 401 g/mol. The fourth-order valence-electron chi connectivity index (χ4n) is 3.67. The van der Waals surface area contributed by atoms with E-state index in [1.165, 1.54) is 11.1 Å². The standard InChI is InChI=1S/C23H28O4S/c1-15-5-9-17(10-6-15)24-13-19-21-22(27-23(3,4)26-21)20(28-19)14-25-18-11-7-16(2)8-12-18/h5-12,19-22H,13-14H2,1-4H3/t19-,20-,21-,22-/m0/s1. The molecule has 4 nitrogen and oxygen atoms in total. The maximum absolute atomic E-state index is 6.21. The number of aryl methyl sites for hydroxylation is 2. The zero-order valence-corrected chi connectivity index (χ0v) is 17.7. The number of rotatable bonds is 6. The van der Waals surface area contributed by atoms with E-state index in [-0.39, 0.29) is 22.7 Å². The molecule has 4 rings (SSSR count). The van der Waals surface area contributed by atoms with Gasteiger partial charge in [-0.15, -0.1) is 11.8 Å². The van der Waals surface area contributed by atoms with Crippen molar-refractivity contribution < 1.29 is 18.9 Å². The van der Waals surface area contributed by atoms with E-state index >= 15 is 0 Å². The van der Waals surface area contributed by atoms with Crippen molar-refractivity contribution in [1.82, 2.24) is 0 Å². The molecule has 5 heteroatoms. The first kappa shape index (κ1) is 19.6. The molecule has 2 aromatic rings. The van der Waals surface area contributed by atoms with Gasteiger partial charge < -0.3 is 18.9 Å². The molecular formula is C23H28O4S. The Hall–Kier alpha value is -1.69. The summed E-state index contributed by atoms with van der Waals surface area (Å²) in [6, 6.07) is 16.3. The maximum atomic E-state index is 6.21. The Morgan fingerprint density at radius 2 is 1.14 bits per heavy atom. The van der Waals surface area contributed by atoms with Crippen LogP contribution in [0.25, 0.3) is 0 Å². The van der Waals surface area contributed by atoms with Crippen LogP contribution in [0.1, 0.15) is 25.0 Å². The summed E-state index contributed by atoms with van der Waals surface area (Å²) in [5, 5.41) is 0.416. The third kappa shape index (κ3) is 4.48. The van der Waals surface area contributed by atoms with Gasteiger partial charge in [0.25, 0.3) is 0 Å². The molecule has 0 aromatic heterocycles. The lowest BCUT2D eigenvalue weighted by atomic mass is 10.1. The molecule has 2 aromatic carbocycles. The first-order valence-electron chi connectivity index (χ1n) is 9.80. The molecule has 0 aliphatic carbocycles. The highest BCUT2D eigenvalue weighted by Crippen LogP contribution is 2.46. The van der Waals surface area contributed by atoms with Crippen LogP contribution >= 0.6 is 11.8 Å². The Morgan fingerprint density at radius 3 is 1.54 bits per heavy atom. The quantitative estimate of drug-likeness (QED) is 0.698. The van der Waals surface area contributed by atoms with Crippen molar-refractivity contribution in [3.8, 4) is 11.5 Å². The highest BCUT2D eigenvalue weighted by Gasteiger charge is 2.54. The zero-order chi connectivity index (χ0) is 19.7. The summed E-state index contributed by atoms with van der Waals surface area (Å²) in [6.45, 7) is 9.29. The van der Waals surface area contributed by atoms with Crippen LogP contribution in [0.3, 0.4) is 0 Å². The first-order chi connectivity index (χ1) is 13.4. The summed E-state index contributed by atoms with van der Waals surface area (Å²) in [6.07, 6.45) is 0.0223. The fourth-order valence-corrected chi connectivity index (χ4v) is 5.14. The molecular weight excluding hydrogens is 372 g/mol. The Labute approximate surface area is 171 Å². The molecule has 28 heavy (non-hydrogen) atoms. The number of hydrogen-bond acceptors (Lipinski definition) is 5. The molecule has 0 saturated carbocycles. The Balaban J connectivity index is 1.40. The van der Waals surface area contributed by atoms with E-state index in [2.05, 4.69) is 38.1 Å². The van der Waals surface area contributed by atoms with Crippen molar-refractivity contribution in [2.45, 2.75) is 56.2 Å². The van der Waals surface area contributed by atoms with Crippen molar-refractivity contribution >= 4 is 11.8 Å². The molecule has 0 unspecified atom stereocenters. The van der Waals surface area contributed by atoms with Crippen LogP contribution in [0.5, 0.6) is 11.5 Å². The molecule has 4 atom stereocenters. The largest absolute Gasteiger partial charge is 0.492 e. The van der Waals surface area contributed by atoms with Crippen LogP contribution < -0.4 is 9.47 Å². The number of thioether (sulfide) groups is 1. The number of ether oxygens (including phenoxy) is 4. The topological polar surface area (TPSA) is 36.9 Å². The van der Waals surface area contributed by atoms with Gasteiger partial charge in [-0.1, -0.05) is 35.4 Å². The smallest absolute Gasteiger partial charge is 0.163 e. The van der Waals surface area contributed by atoms with E-state index in [1.54, 1.807) is 0 Å². The van der Waals surface area contributed by atoms with E-state index in [0.29, 0.717) is 13.2 Å². The van der Waals surface area contributed by atoms with Crippen molar-refractivity contribution in [2.75, 3.05) is 13.2 Å². The van der Waals surface area contributed by atoms with Crippen molar-refractivity contribution in [3.05, 3.63) is 59.7 Å². The third-order valence-corrected chi connectivity index (χ3v) is 6.62. The number of benzene rings is 2. The Bertz CT molecular complexity index is 722. The number of hydrogen-bond donors (Lipinski definition) is 0. The Morgan fingerprint density at radius 1 is 0.750 bits per heavy atom. The highest BCUT2D eigenvalue weighted by molar-refractivity contribution is 8.01. The van der Waals surface area contributed by atoms with E-state index in [1.807, 2.05) is 49.9 Å². The van der Waals surface area contributed by atoms with Crippen molar-refractivity contribution in [3.63, 3.8) is 0 Å². The van der Waals surface area contributed by atoms with Gasteiger partial charge in [0.1, 0.15) is 36.9 Å². The lowest BCUT2D eigenvalue weighted by Crippen LogP contribution is -2.34. The second kappa shape index (κ2) is 7.97. The molecule has 150 valence electrons. The normalized spacial score (nSPS) is 28.1. The van der Waals surface area contributed by atoms with Gasteiger partial charge >= 0.3 is 0 Å². The van der Waals surface area contributed by atoms with Gasteiger partial charge in [-0.05, 0) is 52.0 Å². The highest BCUT2D eigenvalue weighted by atomic mass is 32.2. The minimum Gasteiger partial charge on any atom is -0.492 e. The summed E-state index contributed by atoms with van der Waals surface area (Å²) < 4.78 is 24.5. The van der Waals surface area contributed by atoms with Crippen molar-refractivity contribution in [2.24, 2.45) is 0 Å². The second-order valence-corrected chi connectivity index (χ2v) is 9.51. The predicted molar refractivity (Wildman–Crippen MR) is 112 cm³/mol. The van der Waals surface area contributed by atoms with Gasteiger partial charge in [0, 0.05) is 0 Å². The monoisotopic (exact) mass is 400 g/mol. The SMILES string of the molecule is Cc1ccc(OC[C@@H]2S[C@@H](COc3ccc(C)cc3)[C@@H]3OC(C)(C)O[C@H]32)cc1. The minimum atomic E-state index is -0.569. The van der Waals surface area contributed by atoms with Crippen LogP contribution in [0.2, 0.25) is 0 Å². The summed E-state index contributed by atoms with van der Waals surface area (Å²) in [4.78, 5) is 0. The predicted octanol–water partition coefficient (Wildman–Crippen LogP) is 4.77. The van der Waals surface area contributed by atoms with Gasteiger partial charge in [-0.2, -0.15) is 0 Å². The van der Waals surface area contributed by atoms with Gasteiger partial charge in [0.2, 0.25) is 0 Å². The van der Waals surface area contributed by atoms with Crippen LogP contribution in [-0.2, 0) is 9.47 Å². The lowest BCUT2D eigenvalue weighted by Gasteiger charge is -2.23. The molecule has 0 amide bonds. The van der Waals surface area contributed by atoms with Gasteiger partial charge in [0.05, 0.1) is 10.5 Å². The molecule has 2 aliphatic rings. The molecule has 2 heterocycles. The fraction of sp³-hybridized carbons (Fsp3) is 0.478. The van der Waals surface area contributed by atoms with E-state index in [4.69, 9.17) is 18.9 Å². The van der Waals surface area contributed by atoms with Crippen LogP contribution in [-0.4, -0.2) is 41.7 Å². The molecule has 2 aliphatic heterocycles. The third-order valence-electron chi connectivity index (χ3n) is 5.12. The lowest BCUT2D eigenvalue weighted by molar-refractivity contribution is -0.148. The molecule has 0 spiro atoms.